The van der Waals surface area contributed by atoms with E-state index in [0.717, 1.165) is 0 Å². The second-order valence-electron chi connectivity index (χ2n) is 3.13. The molecule has 2 rings (SSSR count). The van der Waals surface area contributed by atoms with Crippen LogP contribution in [-0.4, -0.2) is 9.91 Å². The smallest absolute Gasteiger partial charge is 0.331 e. The highest BCUT2D eigenvalue weighted by Gasteiger charge is 2.17. The van der Waals surface area contributed by atoms with Crippen molar-refractivity contribution in [3.8, 4) is 11.6 Å². The summed E-state index contributed by atoms with van der Waals surface area (Å²) in [6, 6.07) is 11.6. The summed E-state index contributed by atoms with van der Waals surface area (Å²) in [5, 5.41) is 10.8. The molecule has 0 saturated heterocycles. The number of ether oxygens (including phenoxy) is 1. The summed E-state index contributed by atoms with van der Waals surface area (Å²) < 4.78 is 5.85. The van der Waals surface area contributed by atoms with Crippen molar-refractivity contribution in [2.24, 2.45) is 0 Å². The molecule has 0 fully saturated rings. The first-order chi connectivity index (χ1) is 8.16. The minimum absolute atomic E-state index is 0.0319. The number of aromatic nitrogens is 1. The van der Waals surface area contributed by atoms with Crippen LogP contribution < -0.4 is 4.74 Å². The Bertz CT molecular complexity index is 546. The van der Waals surface area contributed by atoms with Crippen LogP contribution in [0.15, 0.2) is 47.1 Å². The maximum atomic E-state index is 10.8. The predicted octanol–water partition coefficient (Wildman–Crippen LogP) is 3.54. The Kier molecular flexibility index (Phi) is 3.34. The van der Waals surface area contributed by atoms with Crippen LogP contribution in [0.5, 0.6) is 11.6 Å². The maximum Gasteiger partial charge on any atom is 0.331 e. The lowest BCUT2D eigenvalue weighted by Gasteiger charge is -2.04. The number of rotatable bonds is 3. The second-order valence-corrected chi connectivity index (χ2v) is 3.94. The molecule has 17 heavy (non-hydrogen) atoms. The number of nitro groups is 1. The summed E-state index contributed by atoms with van der Waals surface area (Å²) in [5.41, 5.74) is -0.169. The average Bonchev–Trinajstić information content (AvgIpc) is 2.30. The summed E-state index contributed by atoms with van der Waals surface area (Å²) in [6.07, 6.45) is 0. The molecule has 1 aromatic carbocycles. The van der Waals surface area contributed by atoms with Crippen molar-refractivity contribution in [1.82, 2.24) is 4.98 Å². The van der Waals surface area contributed by atoms with Gasteiger partial charge in [-0.05, 0) is 34.1 Å². The molecule has 0 spiro atoms. The fourth-order valence-corrected chi connectivity index (χ4v) is 1.52. The van der Waals surface area contributed by atoms with Gasteiger partial charge in [-0.3, -0.25) is 10.1 Å². The predicted molar refractivity (Wildman–Crippen MR) is 65.1 cm³/mol. The first-order valence-electron chi connectivity index (χ1n) is 4.70. The van der Waals surface area contributed by atoms with Crippen LogP contribution in [-0.2, 0) is 0 Å². The van der Waals surface area contributed by atoms with E-state index in [1.54, 1.807) is 24.3 Å². The first-order valence-corrected chi connectivity index (χ1v) is 5.50. The van der Waals surface area contributed by atoms with Gasteiger partial charge in [-0.1, -0.05) is 18.2 Å². The average molecular weight is 295 g/mol. The Morgan fingerprint density at radius 3 is 2.53 bits per heavy atom. The lowest BCUT2D eigenvalue weighted by Crippen LogP contribution is -1.96. The SMILES string of the molecule is O=[N+]([O-])c1ccc(Br)nc1Oc1ccccc1. The number of nitrogens with zero attached hydrogens (tertiary/aromatic N) is 2. The van der Waals surface area contributed by atoms with E-state index in [9.17, 15) is 10.1 Å². The molecule has 0 radical (unpaired) electrons. The molecule has 86 valence electrons. The standard InChI is InChI=1S/C11H7BrN2O3/c12-10-7-6-9(14(15)16)11(13-10)17-8-4-2-1-3-5-8/h1-7H. The lowest BCUT2D eigenvalue weighted by atomic mass is 10.3. The van der Waals surface area contributed by atoms with E-state index >= 15 is 0 Å². The highest BCUT2D eigenvalue weighted by Crippen LogP contribution is 2.30. The topological polar surface area (TPSA) is 65.3 Å². The van der Waals surface area contributed by atoms with Gasteiger partial charge in [0.2, 0.25) is 0 Å². The molecule has 0 unspecified atom stereocenters. The van der Waals surface area contributed by atoms with Gasteiger partial charge in [0.15, 0.2) is 0 Å². The van der Waals surface area contributed by atoms with Gasteiger partial charge in [-0.15, -0.1) is 0 Å². The third kappa shape index (κ3) is 2.79. The molecular weight excluding hydrogens is 288 g/mol. The van der Waals surface area contributed by atoms with Crippen LogP contribution in [0.2, 0.25) is 0 Å². The molecule has 0 amide bonds. The van der Waals surface area contributed by atoms with Gasteiger partial charge in [-0.25, -0.2) is 0 Å². The summed E-state index contributed by atoms with van der Waals surface area (Å²) in [6.45, 7) is 0. The zero-order valence-corrected chi connectivity index (χ0v) is 10.1. The summed E-state index contributed by atoms with van der Waals surface area (Å²) in [7, 11) is 0. The fraction of sp³-hybridized carbons (Fsp3) is 0. The Balaban J connectivity index is 2.37. The number of benzene rings is 1. The van der Waals surface area contributed by atoms with Crippen LogP contribution in [0.3, 0.4) is 0 Å². The Morgan fingerprint density at radius 1 is 1.18 bits per heavy atom. The molecule has 0 atom stereocenters. The third-order valence-corrected chi connectivity index (χ3v) is 2.40. The van der Waals surface area contributed by atoms with Crippen LogP contribution in [0.25, 0.3) is 0 Å². The van der Waals surface area contributed by atoms with Crippen molar-refractivity contribution >= 4 is 21.6 Å². The highest BCUT2D eigenvalue weighted by atomic mass is 79.9. The third-order valence-electron chi connectivity index (χ3n) is 1.96. The van der Waals surface area contributed by atoms with Crippen LogP contribution >= 0.6 is 15.9 Å². The second kappa shape index (κ2) is 4.92. The Hall–Kier alpha value is -1.95. The van der Waals surface area contributed by atoms with Crippen molar-refractivity contribution in [2.75, 3.05) is 0 Å². The Morgan fingerprint density at radius 2 is 1.88 bits per heavy atom. The van der Waals surface area contributed by atoms with Crippen LogP contribution in [0.1, 0.15) is 0 Å². The summed E-state index contributed by atoms with van der Waals surface area (Å²) in [4.78, 5) is 14.2. The number of para-hydroxylation sites is 1. The van der Waals surface area contributed by atoms with E-state index in [0.29, 0.717) is 10.4 Å². The summed E-state index contributed by atoms with van der Waals surface area (Å²) >= 11 is 3.15. The van der Waals surface area contributed by atoms with E-state index in [4.69, 9.17) is 4.74 Å². The number of hydrogen-bond acceptors (Lipinski definition) is 4. The molecule has 0 saturated carbocycles. The van der Waals surface area contributed by atoms with Gasteiger partial charge in [0.1, 0.15) is 10.4 Å². The van der Waals surface area contributed by atoms with E-state index < -0.39 is 4.92 Å². The van der Waals surface area contributed by atoms with Gasteiger partial charge >= 0.3 is 11.6 Å². The molecular formula is C11H7BrN2O3. The fourth-order valence-electron chi connectivity index (χ4n) is 1.22. The molecule has 5 nitrogen and oxygen atoms in total. The monoisotopic (exact) mass is 294 g/mol. The van der Waals surface area contributed by atoms with Gasteiger partial charge in [-0.2, -0.15) is 4.98 Å². The minimum Gasteiger partial charge on any atom is -0.434 e. The Labute approximate surface area is 105 Å². The van der Waals surface area contributed by atoms with Crippen LogP contribution in [0.4, 0.5) is 5.69 Å². The molecule has 0 bridgehead atoms. The van der Waals surface area contributed by atoms with Gasteiger partial charge in [0, 0.05) is 6.07 Å². The molecule has 0 aliphatic heterocycles. The van der Waals surface area contributed by atoms with E-state index in [-0.39, 0.29) is 11.6 Å². The van der Waals surface area contributed by atoms with Crippen molar-refractivity contribution in [3.05, 3.63) is 57.2 Å². The van der Waals surface area contributed by atoms with Crippen LogP contribution in [0, 0.1) is 10.1 Å². The lowest BCUT2D eigenvalue weighted by molar-refractivity contribution is -0.386. The quantitative estimate of drug-likeness (QED) is 0.493. The minimum atomic E-state index is -0.530. The zero-order chi connectivity index (χ0) is 12.3. The van der Waals surface area contributed by atoms with Gasteiger partial charge in [0.25, 0.3) is 0 Å². The van der Waals surface area contributed by atoms with Crippen molar-refractivity contribution in [1.29, 1.82) is 0 Å². The van der Waals surface area contributed by atoms with E-state index in [2.05, 4.69) is 20.9 Å². The first kappa shape index (κ1) is 11.5. The zero-order valence-electron chi connectivity index (χ0n) is 8.54. The van der Waals surface area contributed by atoms with E-state index in [1.807, 2.05) is 6.07 Å². The number of halogens is 1. The molecule has 2 aromatic rings. The van der Waals surface area contributed by atoms with Gasteiger partial charge < -0.3 is 4.74 Å². The molecule has 0 aliphatic carbocycles. The molecule has 6 heteroatoms. The largest absolute Gasteiger partial charge is 0.434 e. The number of hydrogen-bond donors (Lipinski definition) is 0. The normalized spacial score (nSPS) is 9.94. The molecule has 1 aromatic heterocycles. The summed E-state index contributed by atoms with van der Waals surface area (Å²) in [5.74, 6) is 0.469. The highest BCUT2D eigenvalue weighted by molar-refractivity contribution is 9.10. The molecule has 1 heterocycles. The molecule has 0 N–H and O–H groups in total. The molecule has 0 aliphatic rings. The van der Waals surface area contributed by atoms with Gasteiger partial charge in [0.05, 0.1) is 4.92 Å². The van der Waals surface area contributed by atoms with Crippen molar-refractivity contribution in [2.45, 2.75) is 0 Å². The van der Waals surface area contributed by atoms with Crippen molar-refractivity contribution in [3.63, 3.8) is 0 Å². The maximum absolute atomic E-state index is 10.8. The van der Waals surface area contributed by atoms with E-state index in [1.165, 1.54) is 12.1 Å². The van der Waals surface area contributed by atoms with Crippen molar-refractivity contribution < 1.29 is 9.66 Å². The number of pyridine rings is 1.